The molecular formula is C41H26N4O. The molecule has 0 radical (unpaired) electrons. The molecule has 2 heterocycles. The first-order valence-electron chi connectivity index (χ1n) is 15.2. The van der Waals surface area contributed by atoms with E-state index in [1.807, 2.05) is 54.6 Å². The number of allylic oxidation sites excluding steroid dienone is 2. The summed E-state index contributed by atoms with van der Waals surface area (Å²) >= 11 is 0. The molecular weight excluding hydrogens is 564 g/mol. The number of hydrogen-bond donors (Lipinski definition) is 0. The van der Waals surface area contributed by atoms with Crippen LogP contribution in [0.15, 0.2) is 131 Å². The highest BCUT2D eigenvalue weighted by molar-refractivity contribution is 6.20. The van der Waals surface area contributed by atoms with E-state index in [2.05, 4.69) is 66.7 Å². The minimum atomic E-state index is -0.230. The van der Waals surface area contributed by atoms with Crippen LogP contribution in [0, 0.1) is 22.7 Å². The Morgan fingerprint density at radius 3 is 1.98 bits per heavy atom. The lowest BCUT2D eigenvalue weighted by molar-refractivity contribution is 1.03. The van der Waals surface area contributed by atoms with Crippen LogP contribution in [0.4, 0.5) is 0 Å². The van der Waals surface area contributed by atoms with Gasteiger partial charge in [-0.05, 0) is 59.5 Å². The Labute approximate surface area is 265 Å². The minimum absolute atomic E-state index is 0.180. The Kier molecular flexibility index (Phi) is 6.34. The van der Waals surface area contributed by atoms with Crippen molar-refractivity contribution in [2.75, 3.05) is 0 Å². The van der Waals surface area contributed by atoms with Crippen molar-refractivity contribution in [2.24, 2.45) is 0 Å². The van der Waals surface area contributed by atoms with Crippen molar-refractivity contribution in [3.63, 3.8) is 0 Å². The molecule has 0 aliphatic heterocycles. The molecule has 0 spiro atoms. The number of fused-ring (bicyclic) bond motifs is 2. The van der Waals surface area contributed by atoms with E-state index in [9.17, 15) is 15.3 Å². The predicted molar refractivity (Wildman–Crippen MR) is 183 cm³/mol. The number of nitriles is 2. The van der Waals surface area contributed by atoms with Gasteiger partial charge >= 0.3 is 0 Å². The molecule has 1 aliphatic rings. The van der Waals surface area contributed by atoms with E-state index in [1.54, 1.807) is 29.5 Å². The number of imidazole rings is 1. The summed E-state index contributed by atoms with van der Waals surface area (Å²) in [6, 6.07) is 42.8. The van der Waals surface area contributed by atoms with Crippen molar-refractivity contribution in [1.82, 2.24) is 9.38 Å². The molecule has 2 atom stereocenters. The van der Waals surface area contributed by atoms with Crippen LogP contribution in [0.2, 0.25) is 0 Å². The molecule has 5 heteroatoms. The lowest BCUT2D eigenvalue weighted by Crippen LogP contribution is -2.15. The normalized spacial score (nSPS) is 16.1. The fourth-order valence-corrected chi connectivity index (χ4v) is 6.96. The maximum atomic E-state index is 14.4. The van der Waals surface area contributed by atoms with Gasteiger partial charge in [-0.25, -0.2) is 4.98 Å². The number of nitrogens with zero attached hydrogens (tertiary/aromatic N) is 4. The van der Waals surface area contributed by atoms with Gasteiger partial charge < -0.3 is 0 Å². The summed E-state index contributed by atoms with van der Waals surface area (Å²) < 4.78 is 1.63. The summed E-state index contributed by atoms with van der Waals surface area (Å²) in [7, 11) is 0. The van der Waals surface area contributed by atoms with Crippen LogP contribution < -0.4 is 5.56 Å². The van der Waals surface area contributed by atoms with E-state index in [-0.39, 0.29) is 17.4 Å². The lowest BCUT2D eigenvalue weighted by Gasteiger charge is -2.13. The molecule has 0 saturated heterocycles. The van der Waals surface area contributed by atoms with Gasteiger partial charge in [-0.3, -0.25) is 9.20 Å². The van der Waals surface area contributed by atoms with Crippen LogP contribution in [0.25, 0.3) is 50.5 Å². The van der Waals surface area contributed by atoms with Crippen LogP contribution in [0.1, 0.15) is 46.8 Å². The van der Waals surface area contributed by atoms with E-state index in [0.717, 1.165) is 27.3 Å². The Bertz CT molecular complexity index is 2470. The SMILES string of the molecule is C/C(C#N)=C\c1c(C=C2C(c3ccccc3)C2c2ccccc2)nc2c3ccc(-c4ccccc4)c4c(C#N)ccc(c(=O)n12)c43. The third-order valence-electron chi connectivity index (χ3n) is 9.07. The highest BCUT2D eigenvalue weighted by atomic mass is 16.1. The summed E-state index contributed by atoms with van der Waals surface area (Å²) in [6.45, 7) is 1.74. The summed E-state index contributed by atoms with van der Waals surface area (Å²) in [5, 5.41) is 22.7. The largest absolute Gasteiger partial charge is 0.268 e. The van der Waals surface area contributed by atoms with Crippen molar-refractivity contribution in [1.29, 1.82) is 10.5 Å². The van der Waals surface area contributed by atoms with Crippen molar-refractivity contribution >= 4 is 39.3 Å². The molecule has 2 aromatic heterocycles. The van der Waals surface area contributed by atoms with Crippen molar-refractivity contribution in [3.8, 4) is 23.3 Å². The number of pyridine rings is 1. The van der Waals surface area contributed by atoms with Gasteiger partial charge in [0.05, 0.1) is 29.1 Å². The third kappa shape index (κ3) is 4.22. The highest BCUT2D eigenvalue weighted by Crippen LogP contribution is 2.60. The van der Waals surface area contributed by atoms with E-state index in [0.29, 0.717) is 33.6 Å². The smallest absolute Gasteiger partial charge is 0.264 e. The van der Waals surface area contributed by atoms with E-state index < -0.39 is 0 Å². The molecule has 0 amide bonds. The minimum Gasteiger partial charge on any atom is -0.268 e. The van der Waals surface area contributed by atoms with Crippen LogP contribution in [0.5, 0.6) is 0 Å². The van der Waals surface area contributed by atoms with Gasteiger partial charge in [-0.2, -0.15) is 10.5 Å². The van der Waals surface area contributed by atoms with Gasteiger partial charge in [0.1, 0.15) is 5.65 Å². The summed E-state index contributed by atoms with van der Waals surface area (Å²) in [5.74, 6) is 0.360. The zero-order valence-corrected chi connectivity index (χ0v) is 25.0. The van der Waals surface area contributed by atoms with Gasteiger partial charge in [-0.15, -0.1) is 0 Å². The fourth-order valence-electron chi connectivity index (χ4n) is 6.96. The number of rotatable bonds is 5. The molecule has 0 N–H and O–H groups in total. The van der Waals surface area contributed by atoms with E-state index in [4.69, 9.17) is 4.98 Å². The second-order valence-corrected chi connectivity index (χ2v) is 11.8. The van der Waals surface area contributed by atoms with Gasteiger partial charge in [0.25, 0.3) is 5.56 Å². The van der Waals surface area contributed by atoms with Crippen LogP contribution in [0.3, 0.4) is 0 Å². The van der Waals surface area contributed by atoms with Crippen LogP contribution in [-0.2, 0) is 0 Å². The standard InChI is InChI=1S/C41H26N4O/c1-25(23-42)21-35-34(22-33-36(27-13-7-3-8-14-27)37(33)28-15-9-4-10-16-28)44-40-31-20-19-30(26-11-5-2-6-12-26)38-29(24-43)17-18-32(39(31)38)41(46)45(35)40/h2-22,36-37H,1H3/b25-21+,33-22?. The second-order valence-electron chi connectivity index (χ2n) is 11.8. The molecule has 1 fully saturated rings. The number of aromatic nitrogens is 2. The van der Waals surface area contributed by atoms with Crippen molar-refractivity contribution in [3.05, 3.63) is 165 Å². The topological polar surface area (TPSA) is 81.9 Å². The molecule has 5 nitrogen and oxygen atoms in total. The lowest BCUT2D eigenvalue weighted by atomic mass is 9.91. The maximum Gasteiger partial charge on any atom is 0.264 e. The first-order chi connectivity index (χ1) is 22.6. The summed E-state index contributed by atoms with van der Waals surface area (Å²) in [5.41, 5.74) is 7.99. The fraction of sp³-hybridized carbons (Fsp3) is 0.0732. The number of hydrogen-bond acceptors (Lipinski definition) is 4. The second kappa shape index (κ2) is 10.7. The van der Waals surface area contributed by atoms with Crippen LogP contribution >= 0.6 is 0 Å². The van der Waals surface area contributed by atoms with Gasteiger partial charge in [0, 0.05) is 39.0 Å². The third-order valence-corrected chi connectivity index (χ3v) is 9.07. The Morgan fingerprint density at radius 1 is 0.761 bits per heavy atom. The molecule has 0 bridgehead atoms. The van der Waals surface area contributed by atoms with Crippen molar-refractivity contribution in [2.45, 2.75) is 18.8 Å². The predicted octanol–water partition coefficient (Wildman–Crippen LogP) is 8.87. The zero-order valence-electron chi connectivity index (χ0n) is 25.0. The first kappa shape index (κ1) is 27.3. The quantitative estimate of drug-likeness (QED) is 0.188. The first-order valence-corrected chi connectivity index (χ1v) is 15.2. The maximum absolute atomic E-state index is 14.4. The van der Waals surface area contributed by atoms with Gasteiger partial charge in [-0.1, -0.05) is 103 Å². The van der Waals surface area contributed by atoms with Crippen molar-refractivity contribution < 1.29 is 0 Å². The average Bonchev–Trinajstić information content (AvgIpc) is 3.72. The number of benzene rings is 5. The molecule has 8 rings (SSSR count). The average molecular weight is 591 g/mol. The van der Waals surface area contributed by atoms with Gasteiger partial charge in [0.15, 0.2) is 0 Å². The molecule has 1 saturated carbocycles. The monoisotopic (exact) mass is 590 g/mol. The van der Waals surface area contributed by atoms with E-state index >= 15 is 0 Å². The summed E-state index contributed by atoms with van der Waals surface area (Å²) in [6.07, 6.45) is 3.85. The summed E-state index contributed by atoms with van der Waals surface area (Å²) in [4.78, 5) is 19.6. The Balaban J connectivity index is 1.44. The molecule has 46 heavy (non-hydrogen) atoms. The molecule has 1 aliphatic carbocycles. The molecule has 216 valence electrons. The van der Waals surface area contributed by atoms with Gasteiger partial charge in [0.2, 0.25) is 0 Å². The highest BCUT2D eigenvalue weighted by Gasteiger charge is 2.46. The molecule has 2 unspecified atom stereocenters. The molecule has 7 aromatic rings. The Hall–Kier alpha value is -6.30. The van der Waals surface area contributed by atoms with E-state index in [1.165, 1.54) is 16.7 Å². The Morgan fingerprint density at radius 2 is 1.37 bits per heavy atom. The van der Waals surface area contributed by atoms with Crippen LogP contribution in [-0.4, -0.2) is 9.38 Å². The zero-order chi connectivity index (χ0) is 31.4. The molecule has 5 aromatic carbocycles.